The summed E-state index contributed by atoms with van der Waals surface area (Å²) in [5.74, 6) is 0.0162. The third kappa shape index (κ3) is 7.71. The maximum atomic E-state index is 13.1. The number of halogens is 1. The number of hydroxylamine groups is 1. The molecule has 0 unspecified atom stereocenters. The smallest absolute Gasteiger partial charge is 0.276 e. The molecule has 196 valence electrons. The lowest BCUT2D eigenvalue weighted by Crippen LogP contribution is -2.26. The number of sulfonamides is 1. The highest BCUT2D eigenvalue weighted by molar-refractivity contribution is 14.1. The van der Waals surface area contributed by atoms with Gasteiger partial charge in [-0.25, -0.2) is 18.6 Å². The summed E-state index contributed by atoms with van der Waals surface area (Å²) in [6.07, 6.45) is 4.16. The number of hydrogen-bond acceptors (Lipinski definition) is 7. The number of pyridine rings is 1. The highest BCUT2D eigenvalue weighted by Crippen LogP contribution is 2.29. The van der Waals surface area contributed by atoms with Gasteiger partial charge in [-0.15, -0.1) is 0 Å². The van der Waals surface area contributed by atoms with Gasteiger partial charge in [-0.3, -0.25) is 14.6 Å². The van der Waals surface area contributed by atoms with E-state index in [4.69, 9.17) is 9.94 Å². The first kappa shape index (κ1) is 27.5. The predicted octanol–water partition coefficient (Wildman–Crippen LogP) is 3.82. The zero-order valence-electron chi connectivity index (χ0n) is 20.3. The van der Waals surface area contributed by atoms with Gasteiger partial charge in [-0.2, -0.15) is 0 Å². The van der Waals surface area contributed by atoms with Gasteiger partial charge in [0.05, 0.1) is 22.8 Å². The van der Waals surface area contributed by atoms with Crippen molar-refractivity contribution in [3.05, 3.63) is 80.7 Å². The Hall–Kier alpha value is -2.58. The van der Waals surface area contributed by atoms with Crippen LogP contribution in [0.25, 0.3) is 0 Å². The van der Waals surface area contributed by atoms with E-state index in [1.807, 2.05) is 25.1 Å². The molecule has 1 heterocycles. The van der Waals surface area contributed by atoms with Crippen LogP contribution in [0.5, 0.6) is 0 Å². The molecule has 9 nitrogen and oxygen atoms in total. The van der Waals surface area contributed by atoms with Crippen molar-refractivity contribution in [3.63, 3.8) is 0 Å². The van der Waals surface area contributed by atoms with Crippen molar-refractivity contribution in [2.75, 3.05) is 18.5 Å². The molecule has 1 aliphatic carbocycles. The Balaban J connectivity index is 1.57. The lowest BCUT2D eigenvalue weighted by molar-refractivity contribution is 0.0271. The van der Waals surface area contributed by atoms with Crippen LogP contribution in [-0.2, 0) is 27.8 Å². The summed E-state index contributed by atoms with van der Waals surface area (Å²) in [6.45, 7) is 2.41. The second-order valence-corrected chi connectivity index (χ2v) is 11.9. The summed E-state index contributed by atoms with van der Waals surface area (Å²) in [5.41, 5.74) is 6.18. The number of nitrogens with one attached hydrogen (secondary N) is 3. The fourth-order valence-corrected chi connectivity index (χ4v) is 5.31. The molecule has 0 aliphatic heterocycles. The molecule has 0 radical (unpaired) electrons. The Kier molecular flexibility index (Phi) is 9.13. The third-order valence-electron chi connectivity index (χ3n) is 5.90. The summed E-state index contributed by atoms with van der Waals surface area (Å²) < 4.78 is 30.0. The number of anilines is 2. The average molecular weight is 637 g/mol. The topological polar surface area (TPSA) is 130 Å². The normalized spacial score (nSPS) is 13.4. The van der Waals surface area contributed by atoms with E-state index in [1.165, 1.54) is 18.2 Å². The Bertz CT molecular complexity index is 1380. The van der Waals surface area contributed by atoms with Gasteiger partial charge < -0.3 is 10.4 Å². The molecule has 0 atom stereocenters. The molecule has 1 aliphatic rings. The van der Waals surface area contributed by atoms with Gasteiger partial charge in [0.15, 0.2) is 0 Å². The molecule has 3 aromatic rings. The number of aromatic nitrogens is 1. The van der Waals surface area contributed by atoms with E-state index >= 15 is 0 Å². The molecule has 1 saturated carbocycles. The van der Waals surface area contributed by atoms with Crippen molar-refractivity contribution >= 4 is 49.9 Å². The van der Waals surface area contributed by atoms with Crippen LogP contribution in [0, 0.1) is 16.4 Å². The monoisotopic (exact) mass is 636 g/mol. The number of aliphatic hydroxyl groups is 1. The van der Waals surface area contributed by atoms with E-state index in [-0.39, 0.29) is 23.6 Å². The van der Waals surface area contributed by atoms with Crippen molar-refractivity contribution in [2.45, 2.75) is 37.6 Å². The standard InChI is InChI=1S/C26H29IN4O5S/c1-17-12-20(27)4-7-24(17)30-25-14-22(5-6-23(25)26(33)31-36-16-18-2-3-18)37(34,35)29-15-19-8-10-28-21(13-19)9-11-32/h4-8,10,12-14,18,29-30,32H,2-3,9,11,15-16H2,1H3,(H,31,33). The molecule has 4 rings (SSSR count). The second kappa shape index (κ2) is 12.3. The van der Waals surface area contributed by atoms with Crippen molar-refractivity contribution < 1.29 is 23.2 Å². The number of aryl methyl sites for hydroxylation is 1. The number of rotatable bonds is 12. The minimum absolute atomic E-state index is 0.0123. The average Bonchev–Trinajstić information content (AvgIpc) is 3.69. The quantitative estimate of drug-likeness (QED) is 0.176. The van der Waals surface area contributed by atoms with E-state index in [2.05, 4.69) is 43.1 Å². The highest BCUT2D eigenvalue weighted by atomic mass is 127. The van der Waals surface area contributed by atoms with Crippen LogP contribution < -0.4 is 15.5 Å². The van der Waals surface area contributed by atoms with Crippen LogP contribution in [0.15, 0.2) is 59.6 Å². The number of nitrogens with zero attached hydrogens (tertiary/aromatic N) is 1. The molecule has 1 aromatic heterocycles. The lowest BCUT2D eigenvalue weighted by atomic mass is 10.1. The zero-order valence-corrected chi connectivity index (χ0v) is 23.3. The molecule has 11 heteroatoms. The van der Waals surface area contributed by atoms with Gasteiger partial charge in [0.2, 0.25) is 10.0 Å². The predicted molar refractivity (Wildman–Crippen MR) is 149 cm³/mol. The Morgan fingerprint density at radius 1 is 1.14 bits per heavy atom. The number of carbonyl (C=O) groups is 1. The molecule has 0 spiro atoms. The van der Waals surface area contributed by atoms with Crippen molar-refractivity contribution in [2.24, 2.45) is 5.92 Å². The van der Waals surface area contributed by atoms with Gasteiger partial charge in [-0.05, 0) is 108 Å². The summed E-state index contributed by atoms with van der Waals surface area (Å²) in [4.78, 5) is 22.4. The van der Waals surface area contributed by atoms with Crippen LogP contribution in [0.3, 0.4) is 0 Å². The van der Waals surface area contributed by atoms with E-state index in [0.717, 1.165) is 33.2 Å². The number of amides is 1. The summed E-state index contributed by atoms with van der Waals surface area (Å²) in [6, 6.07) is 13.6. The number of carbonyl (C=O) groups excluding carboxylic acids is 1. The van der Waals surface area contributed by atoms with Crippen LogP contribution in [-0.4, -0.2) is 37.6 Å². The molecule has 4 N–H and O–H groups in total. The van der Waals surface area contributed by atoms with Crippen LogP contribution in [0.2, 0.25) is 0 Å². The summed E-state index contributed by atoms with van der Waals surface area (Å²) in [5, 5.41) is 12.3. The minimum atomic E-state index is -3.90. The van der Waals surface area contributed by atoms with Crippen molar-refractivity contribution in [1.29, 1.82) is 0 Å². The maximum Gasteiger partial charge on any atom is 0.276 e. The number of aliphatic hydroxyl groups excluding tert-OH is 1. The Morgan fingerprint density at radius 2 is 1.95 bits per heavy atom. The Morgan fingerprint density at radius 3 is 2.68 bits per heavy atom. The van der Waals surface area contributed by atoms with Gasteiger partial charge in [-0.1, -0.05) is 0 Å². The SMILES string of the molecule is Cc1cc(I)ccc1Nc1cc(S(=O)(=O)NCc2ccnc(CCO)c2)ccc1C(=O)NOCC1CC1. The van der Waals surface area contributed by atoms with E-state index in [9.17, 15) is 13.2 Å². The lowest BCUT2D eigenvalue weighted by Gasteiger charge is -2.16. The first-order valence-corrected chi connectivity index (χ1v) is 14.4. The molecule has 0 bridgehead atoms. The Labute approximate surface area is 230 Å². The molecule has 2 aromatic carbocycles. The van der Waals surface area contributed by atoms with Crippen LogP contribution in [0.1, 0.15) is 40.0 Å². The first-order chi connectivity index (χ1) is 17.7. The molecular formula is C26H29IN4O5S. The first-order valence-electron chi connectivity index (χ1n) is 11.9. The van der Waals surface area contributed by atoms with Crippen LogP contribution >= 0.6 is 22.6 Å². The fourth-order valence-electron chi connectivity index (χ4n) is 3.62. The molecule has 37 heavy (non-hydrogen) atoms. The van der Waals surface area contributed by atoms with Gasteiger partial charge in [0.1, 0.15) is 0 Å². The second-order valence-electron chi connectivity index (χ2n) is 8.93. The van der Waals surface area contributed by atoms with E-state index in [1.54, 1.807) is 18.3 Å². The van der Waals surface area contributed by atoms with Crippen molar-refractivity contribution in [3.8, 4) is 0 Å². The summed E-state index contributed by atoms with van der Waals surface area (Å²) in [7, 11) is -3.90. The van der Waals surface area contributed by atoms with Gasteiger partial charge in [0.25, 0.3) is 5.91 Å². The zero-order chi connectivity index (χ0) is 26.4. The number of hydrogen-bond donors (Lipinski definition) is 4. The van der Waals surface area contributed by atoms with Crippen LogP contribution in [0.4, 0.5) is 11.4 Å². The van der Waals surface area contributed by atoms with Crippen molar-refractivity contribution in [1.82, 2.24) is 15.2 Å². The minimum Gasteiger partial charge on any atom is -0.396 e. The largest absolute Gasteiger partial charge is 0.396 e. The van der Waals surface area contributed by atoms with E-state index < -0.39 is 15.9 Å². The molecule has 1 amide bonds. The van der Waals surface area contributed by atoms with Gasteiger partial charge >= 0.3 is 0 Å². The molecular weight excluding hydrogens is 607 g/mol. The maximum absolute atomic E-state index is 13.1. The number of benzene rings is 2. The third-order valence-corrected chi connectivity index (χ3v) is 7.97. The fraction of sp³-hybridized carbons (Fsp3) is 0.308. The summed E-state index contributed by atoms with van der Waals surface area (Å²) >= 11 is 2.22. The highest BCUT2D eigenvalue weighted by Gasteiger charge is 2.23. The molecule has 1 fully saturated rings. The molecule has 0 saturated heterocycles. The van der Waals surface area contributed by atoms with Gasteiger partial charge in [0, 0.05) is 40.7 Å². The van der Waals surface area contributed by atoms with E-state index in [0.29, 0.717) is 30.3 Å².